The molecular formula is C18H23N3O5. The van der Waals surface area contributed by atoms with E-state index in [1.54, 1.807) is 12.1 Å². The number of hydrogen-bond acceptors (Lipinski definition) is 6. The Morgan fingerprint density at radius 3 is 2.35 bits per heavy atom. The minimum atomic E-state index is -0.207. The Kier molecular flexibility index (Phi) is 5.41. The van der Waals surface area contributed by atoms with Gasteiger partial charge in [0, 0.05) is 44.2 Å². The Bertz CT molecular complexity index is 726. The van der Waals surface area contributed by atoms with Gasteiger partial charge in [-0.25, -0.2) is 0 Å². The predicted molar refractivity (Wildman–Crippen MR) is 94.5 cm³/mol. The first-order chi connectivity index (χ1) is 12.5. The molecule has 0 unspecified atom stereocenters. The second-order valence-corrected chi connectivity index (χ2v) is 6.37. The number of carbonyl (C=O) groups excluding carboxylic acids is 3. The number of rotatable bonds is 5. The number of nitrogens with zero attached hydrogens (tertiary/aromatic N) is 2. The van der Waals surface area contributed by atoms with Gasteiger partial charge in [0.2, 0.25) is 18.6 Å². The molecule has 1 aromatic rings. The summed E-state index contributed by atoms with van der Waals surface area (Å²) in [6, 6.07) is 3.21. The number of Topliss-reactive ketones (excluding diaryl/α,β-unsaturated/α-hetero) is 1. The summed E-state index contributed by atoms with van der Waals surface area (Å²) in [6.07, 6.45) is 0.498. The molecule has 1 saturated heterocycles. The Morgan fingerprint density at radius 1 is 1.08 bits per heavy atom. The first kappa shape index (κ1) is 18.2. The first-order valence-electron chi connectivity index (χ1n) is 8.72. The number of piperazine rings is 1. The molecule has 0 atom stereocenters. The number of hydrogen-bond donors (Lipinski definition) is 1. The molecule has 2 heterocycles. The van der Waals surface area contributed by atoms with Crippen LogP contribution in [0.2, 0.25) is 0 Å². The molecule has 2 aliphatic rings. The minimum absolute atomic E-state index is 0.102. The maximum absolute atomic E-state index is 12.4. The number of amides is 2. The van der Waals surface area contributed by atoms with Crippen molar-refractivity contribution >= 4 is 23.3 Å². The van der Waals surface area contributed by atoms with Crippen molar-refractivity contribution in [2.75, 3.05) is 44.8 Å². The first-order valence-corrected chi connectivity index (χ1v) is 8.72. The summed E-state index contributed by atoms with van der Waals surface area (Å²) < 4.78 is 10.6. The summed E-state index contributed by atoms with van der Waals surface area (Å²) in [5.74, 6) is 0.786. The zero-order valence-electron chi connectivity index (χ0n) is 15.0. The summed E-state index contributed by atoms with van der Waals surface area (Å²) in [7, 11) is 0. The summed E-state index contributed by atoms with van der Waals surface area (Å²) in [6.45, 7) is 6.16. The van der Waals surface area contributed by atoms with Crippen LogP contribution in [0.1, 0.15) is 30.6 Å². The molecule has 0 saturated carbocycles. The zero-order chi connectivity index (χ0) is 18.7. The monoisotopic (exact) mass is 361 g/mol. The topological polar surface area (TPSA) is 88.2 Å². The molecule has 26 heavy (non-hydrogen) atoms. The van der Waals surface area contributed by atoms with Crippen LogP contribution in [0.15, 0.2) is 12.1 Å². The van der Waals surface area contributed by atoms with Crippen LogP contribution >= 0.6 is 0 Å². The summed E-state index contributed by atoms with van der Waals surface area (Å²) in [5, 5.41) is 2.80. The van der Waals surface area contributed by atoms with Gasteiger partial charge >= 0.3 is 0 Å². The third-order valence-electron chi connectivity index (χ3n) is 4.56. The van der Waals surface area contributed by atoms with Gasteiger partial charge in [-0.15, -0.1) is 0 Å². The Morgan fingerprint density at radius 2 is 1.73 bits per heavy atom. The van der Waals surface area contributed by atoms with Crippen LogP contribution in [-0.2, 0) is 9.59 Å². The molecule has 2 amide bonds. The van der Waals surface area contributed by atoms with E-state index >= 15 is 0 Å². The van der Waals surface area contributed by atoms with Crippen molar-refractivity contribution in [1.29, 1.82) is 0 Å². The van der Waals surface area contributed by atoms with Crippen LogP contribution in [0, 0.1) is 0 Å². The van der Waals surface area contributed by atoms with E-state index in [-0.39, 0.29) is 30.9 Å². The van der Waals surface area contributed by atoms with Crippen LogP contribution < -0.4 is 14.8 Å². The second-order valence-electron chi connectivity index (χ2n) is 6.37. The highest BCUT2D eigenvalue weighted by atomic mass is 16.7. The Hall–Kier alpha value is -2.61. The molecule has 1 fully saturated rings. The molecule has 8 heteroatoms. The van der Waals surface area contributed by atoms with Crippen LogP contribution in [0.4, 0.5) is 5.69 Å². The third-order valence-corrected chi connectivity index (χ3v) is 4.56. The van der Waals surface area contributed by atoms with Gasteiger partial charge in [-0.2, -0.15) is 0 Å². The number of fused-ring (bicyclic) bond motifs is 1. The Labute approximate surface area is 152 Å². The smallest absolute Gasteiger partial charge is 0.238 e. The van der Waals surface area contributed by atoms with Crippen molar-refractivity contribution in [3.05, 3.63) is 17.7 Å². The van der Waals surface area contributed by atoms with Crippen LogP contribution in [0.5, 0.6) is 11.5 Å². The number of nitrogens with one attached hydrogen (secondary N) is 1. The van der Waals surface area contributed by atoms with Crippen molar-refractivity contribution in [2.45, 2.75) is 20.3 Å². The van der Waals surface area contributed by atoms with E-state index in [1.165, 1.54) is 6.92 Å². The van der Waals surface area contributed by atoms with E-state index in [0.29, 0.717) is 55.3 Å². The standard InChI is InChI=1S/C18H23N3O5/c1-3-18(24)21-6-4-20(5-7-21)10-17(23)19-14-9-16-15(25-11-26-16)8-13(14)12(2)22/h8-9H,3-7,10-11H2,1-2H3,(H,19,23). The van der Waals surface area contributed by atoms with Crippen LogP contribution in [0.25, 0.3) is 0 Å². The summed E-state index contributed by atoms with van der Waals surface area (Å²) >= 11 is 0. The van der Waals surface area contributed by atoms with Crippen LogP contribution in [-0.4, -0.2) is 66.9 Å². The average molecular weight is 361 g/mol. The Balaban J connectivity index is 1.61. The molecule has 0 spiro atoms. The second kappa shape index (κ2) is 7.74. The molecule has 2 aliphatic heterocycles. The maximum Gasteiger partial charge on any atom is 0.238 e. The van der Waals surface area contributed by atoms with Gasteiger partial charge in [-0.05, 0) is 13.0 Å². The van der Waals surface area contributed by atoms with E-state index in [4.69, 9.17) is 9.47 Å². The molecule has 0 aliphatic carbocycles. The molecule has 0 aromatic heterocycles. The minimum Gasteiger partial charge on any atom is -0.454 e. The van der Waals surface area contributed by atoms with Gasteiger partial charge in [0.25, 0.3) is 0 Å². The van der Waals surface area contributed by atoms with E-state index in [2.05, 4.69) is 5.32 Å². The van der Waals surface area contributed by atoms with E-state index in [1.807, 2.05) is 16.7 Å². The number of ether oxygens (including phenoxy) is 2. The van der Waals surface area contributed by atoms with Crippen molar-refractivity contribution in [2.24, 2.45) is 0 Å². The molecule has 1 aromatic carbocycles. The lowest BCUT2D eigenvalue weighted by molar-refractivity contribution is -0.132. The van der Waals surface area contributed by atoms with Crippen LogP contribution in [0.3, 0.4) is 0 Å². The van der Waals surface area contributed by atoms with Gasteiger partial charge in [0.15, 0.2) is 17.3 Å². The fourth-order valence-corrected chi connectivity index (χ4v) is 3.11. The number of benzene rings is 1. The molecule has 140 valence electrons. The normalized spacial score (nSPS) is 16.5. The largest absolute Gasteiger partial charge is 0.454 e. The SMILES string of the molecule is CCC(=O)N1CCN(CC(=O)Nc2cc3c(cc2C(C)=O)OCO3)CC1. The maximum atomic E-state index is 12.4. The quantitative estimate of drug-likeness (QED) is 0.791. The lowest BCUT2D eigenvalue weighted by Gasteiger charge is -2.34. The molecule has 3 rings (SSSR count). The van der Waals surface area contributed by atoms with Crippen molar-refractivity contribution < 1.29 is 23.9 Å². The van der Waals surface area contributed by atoms with Gasteiger partial charge in [0.1, 0.15) is 0 Å². The number of carbonyl (C=O) groups is 3. The van der Waals surface area contributed by atoms with E-state index in [9.17, 15) is 14.4 Å². The fraction of sp³-hybridized carbons (Fsp3) is 0.500. The van der Waals surface area contributed by atoms with Gasteiger partial charge < -0.3 is 19.7 Å². The average Bonchev–Trinajstić information content (AvgIpc) is 3.08. The molecular weight excluding hydrogens is 338 g/mol. The summed E-state index contributed by atoms with van der Waals surface area (Å²) in [5.41, 5.74) is 0.813. The zero-order valence-corrected chi connectivity index (χ0v) is 15.0. The predicted octanol–water partition coefficient (Wildman–Crippen LogP) is 1.11. The molecule has 0 bridgehead atoms. The third kappa shape index (κ3) is 3.96. The van der Waals surface area contributed by atoms with Crippen molar-refractivity contribution in [3.63, 3.8) is 0 Å². The van der Waals surface area contributed by atoms with Crippen molar-refractivity contribution in [3.8, 4) is 11.5 Å². The van der Waals surface area contributed by atoms with Gasteiger partial charge in [0.05, 0.1) is 12.2 Å². The fourth-order valence-electron chi connectivity index (χ4n) is 3.11. The molecule has 1 N–H and O–H groups in total. The highest BCUT2D eigenvalue weighted by Gasteiger charge is 2.23. The van der Waals surface area contributed by atoms with Gasteiger partial charge in [-0.3, -0.25) is 19.3 Å². The van der Waals surface area contributed by atoms with Gasteiger partial charge in [-0.1, -0.05) is 6.92 Å². The lowest BCUT2D eigenvalue weighted by atomic mass is 10.1. The number of ketones is 1. The van der Waals surface area contributed by atoms with Crippen molar-refractivity contribution in [1.82, 2.24) is 9.80 Å². The van der Waals surface area contributed by atoms with E-state index in [0.717, 1.165) is 0 Å². The molecule has 0 radical (unpaired) electrons. The summed E-state index contributed by atoms with van der Waals surface area (Å²) in [4.78, 5) is 39.8. The highest BCUT2D eigenvalue weighted by molar-refractivity contribution is 6.05. The van der Waals surface area contributed by atoms with E-state index < -0.39 is 0 Å². The number of anilines is 1. The lowest BCUT2D eigenvalue weighted by Crippen LogP contribution is -2.50. The highest BCUT2D eigenvalue weighted by Crippen LogP contribution is 2.37. The molecule has 8 nitrogen and oxygen atoms in total.